The first-order chi connectivity index (χ1) is 15.3. The van der Waals surface area contributed by atoms with Crippen molar-refractivity contribution in [2.75, 3.05) is 29.9 Å². The summed E-state index contributed by atoms with van der Waals surface area (Å²) in [6, 6.07) is 13.1. The van der Waals surface area contributed by atoms with Gasteiger partial charge in [-0.05, 0) is 62.2 Å². The van der Waals surface area contributed by atoms with Crippen molar-refractivity contribution in [2.45, 2.75) is 25.9 Å². The number of aliphatic imine (C=N–C) groups is 1. The van der Waals surface area contributed by atoms with Crippen molar-refractivity contribution in [2.24, 2.45) is 10.7 Å². The Balaban J connectivity index is 1.82. The molecule has 8 heteroatoms. The number of nitrogens with two attached hydrogens (primary N) is 1. The molecule has 1 saturated heterocycles. The highest BCUT2D eigenvalue weighted by Crippen LogP contribution is 2.28. The number of nitrogens with zero attached hydrogens (tertiary/aromatic N) is 4. The first-order valence-electron chi connectivity index (χ1n) is 10.3. The Morgan fingerprint density at radius 2 is 1.94 bits per heavy atom. The van der Waals surface area contributed by atoms with Crippen molar-refractivity contribution >= 4 is 28.7 Å². The van der Waals surface area contributed by atoms with Crippen LogP contribution in [0, 0.1) is 17.1 Å². The third kappa shape index (κ3) is 5.13. The quantitative estimate of drug-likeness (QED) is 0.554. The maximum absolute atomic E-state index is 13.1. The Bertz CT molecular complexity index is 1080. The molecule has 3 rings (SSSR count). The van der Waals surface area contributed by atoms with Crippen LogP contribution < -0.4 is 15.5 Å². The van der Waals surface area contributed by atoms with E-state index in [1.54, 1.807) is 26.1 Å². The number of rotatable bonds is 5. The zero-order valence-electron chi connectivity index (χ0n) is 18.1. The lowest BCUT2D eigenvalue weighted by molar-refractivity contribution is -0.114. The second-order valence-corrected chi connectivity index (χ2v) is 7.65. The summed E-state index contributed by atoms with van der Waals surface area (Å²) in [5.74, 6) is -0.752. The molecular formula is C24H26FN5O2. The third-order valence-corrected chi connectivity index (χ3v) is 5.51. The topological polar surface area (TPSA) is 106 Å². The molecule has 1 fully saturated rings. The number of likely N-dealkylation sites (N-methyl/N-ethyl adjacent to an activating group) is 1. The maximum atomic E-state index is 13.1. The van der Waals surface area contributed by atoms with E-state index in [1.807, 2.05) is 6.07 Å². The number of nitriles is 1. The second-order valence-electron chi connectivity index (χ2n) is 7.65. The summed E-state index contributed by atoms with van der Waals surface area (Å²) >= 11 is 0. The van der Waals surface area contributed by atoms with Gasteiger partial charge in [-0.15, -0.1) is 0 Å². The van der Waals surface area contributed by atoms with Gasteiger partial charge in [-0.25, -0.2) is 4.39 Å². The van der Waals surface area contributed by atoms with Crippen LogP contribution in [0.25, 0.3) is 0 Å². The molecule has 0 aliphatic carbocycles. The molecule has 0 unspecified atom stereocenters. The van der Waals surface area contributed by atoms with E-state index in [1.165, 1.54) is 35.4 Å². The van der Waals surface area contributed by atoms with Gasteiger partial charge in [0.1, 0.15) is 11.9 Å². The van der Waals surface area contributed by atoms with Crippen LogP contribution in [0.2, 0.25) is 0 Å². The van der Waals surface area contributed by atoms with Gasteiger partial charge in [0.05, 0.1) is 34.3 Å². The number of carbonyl (C=O) groups excluding carboxylic acids is 1. The highest BCUT2D eigenvalue weighted by atomic mass is 19.1. The van der Waals surface area contributed by atoms with Gasteiger partial charge in [-0.1, -0.05) is 0 Å². The Hall–Kier alpha value is -3.70. The first-order valence-corrected chi connectivity index (χ1v) is 10.3. The lowest BCUT2D eigenvalue weighted by Crippen LogP contribution is -2.36. The largest absolute Gasteiger partial charge is 0.404 e. The second kappa shape index (κ2) is 10.1. The van der Waals surface area contributed by atoms with Crippen molar-refractivity contribution in [1.29, 1.82) is 5.26 Å². The molecule has 166 valence electrons. The molecule has 0 aromatic heterocycles. The third-order valence-electron chi connectivity index (χ3n) is 5.51. The van der Waals surface area contributed by atoms with Gasteiger partial charge in [-0.3, -0.25) is 9.79 Å². The van der Waals surface area contributed by atoms with E-state index >= 15 is 0 Å². The Labute approximate surface area is 186 Å². The van der Waals surface area contributed by atoms with Crippen LogP contribution in [-0.2, 0) is 4.79 Å². The summed E-state index contributed by atoms with van der Waals surface area (Å²) in [4.78, 5) is 20.9. The lowest BCUT2D eigenvalue weighted by Gasteiger charge is -2.32. The molecule has 0 spiro atoms. The average molecular weight is 436 g/mol. The molecule has 7 nitrogen and oxygen atoms in total. The van der Waals surface area contributed by atoms with Crippen LogP contribution in [0.1, 0.15) is 25.3 Å². The fourth-order valence-corrected chi connectivity index (χ4v) is 3.62. The molecule has 2 aromatic rings. The molecule has 2 aromatic carbocycles. The van der Waals surface area contributed by atoms with E-state index in [0.29, 0.717) is 48.6 Å². The van der Waals surface area contributed by atoms with Gasteiger partial charge in [0, 0.05) is 32.0 Å². The molecule has 1 heterocycles. The highest BCUT2D eigenvalue weighted by molar-refractivity contribution is 6.25. The molecule has 1 amide bonds. The van der Waals surface area contributed by atoms with Crippen LogP contribution in [0.4, 0.5) is 21.5 Å². The zero-order valence-corrected chi connectivity index (χ0v) is 18.1. The van der Waals surface area contributed by atoms with Crippen molar-refractivity contribution in [1.82, 2.24) is 0 Å². The lowest BCUT2D eigenvalue weighted by atomic mass is 10.0. The summed E-state index contributed by atoms with van der Waals surface area (Å²) in [5.41, 5.74) is 8.60. The number of hydrogen-bond acceptors (Lipinski definition) is 6. The first kappa shape index (κ1) is 23.0. The number of halogens is 1. The van der Waals surface area contributed by atoms with Crippen molar-refractivity contribution < 1.29 is 14.3 Å². The molecule has 3 N–H and O–H groups in total. The van der Waals surface area contributed by atoms with E-state index in [-0.39, 0.29) is 23.4 Å². The minimum atomic E-state index is -0.381. The van der Waals surface area contributed by atoms with E-state index in [0.717, 1.165) is 5.69 Å². The Morgan fingerprint density at radius 3 is 2.53 bits per heavy atom. The number of carbonyl (C=O) groups is 1. The average Bonchev–Trinajstić information content (AvgIpc) is 2.80. The van der Waals surface area contributed by atoms with E-state index in [4.69, 9.17) is 5.73 Å². The fourth-order valence-electron chi connectivity index (χ4n) is 3.62. The van der Waals surface area contributed by atoms with Crippen LogP contribution in [-0.4, -0.2) is 43.0 Å². The number of hydrogen-bond donors (Lipinski definition) is 2. The van der Waals surface area contributed by atoms with E-state index in [9.17, 15) is 19.6 Å². The van der Waals surface area contributed by atoms with Crippen LogP contribution >= 0.6 is 0 Å². The number of anilines is 2. The van der Waals surface area contributed by atoms with Crippen molar-refractivity contribution in [3.63, 3.8) is 0 Å². The molecule has 1 aliphatic rings. The molecule has 0 saturated carbocycles. The predicted octanol–water partition coefficient (Wildman–Crippen LogP) is 3.26. The minimum Gasteiger partial charge on any atom is -0.404 e. The monoisotopic (exact) mass is 435 g/mol. The zero-order chi connectivity index (χ0) is 23.3. The van der Waals surface area contributed by atoms with Crippen LogP contribution in [0.3, 0.4) is 0 Å². The van der Waals surface area contributed by atoms with Gasteiger partial charge in [0.2, 0.25) is 0 Å². The molecule has 32 heavy (non-hydrogen) atoms. The number of benzene rings is 2. The predicted molar refractivity (Wildman–Crippen MR) is 123 cm³/mol. The molecule has 0 bridgehead atoms. The molecule has 0 atom stereocenters. The van der Waals surface area contributed by atoms with Crippen molar-refractivity contribution in [3.8, 4) is 6.07 Å². The van der Waals surface area contributed by atoms with Crippen molar-refractivity contribution in [3.05, 3.63) is 65.6 Å². The van der Waals surface area contributed by atoms with Gasteiger partial charge in [-0.2, -0.15) is 5.26 Å². The van der Waals surface area contributed by atoms with E-state index in [2.05, 4.69) is 16.0 Å². The summed E-state index contributed by atoms with van der Waals surface area (Å²) < 4.78 is 13.1. The molecule has 0 radical (unpaired) electrons. The fraction of sp³-hybridized carbons (Fsp3) is 0.292. The standard InChI is InChI=1S/C24H26FN5O2/c1-16(28-19-5-3-18(25)4-6-19)22(15-27)24(32)29(2)20-7-8-23(17(13-20)14-26)30-11-9-21(31)10-12-30/h3-8,13,15,21,31H,9-12,27H2,1-2H3. The smallest absolute Gasteiger partial charge is 0.261 e. The van der Waals surface area contributed by atoms with Gasteiger partial charge >= 0.3 is 0 Å². The van der Waals surface area contributed by atoms with E-state index < -0.39 is 0 Å². The summed E-state index contributed by atoms with van der Waals surface area (Å²) in [5, 5.41) is 19.4. The van der Waals surface area contributed by atoms with Gasteiger partial charge < -0.3 is 20.6 Å². The molecule has 1 aliphatic heterocycles. The summed E-state index contributed by atoms with van der Waals surface area (Å²) in [6.07, 6.45) is 2.20. The number of piperidine rings is 1. The number of aliphatic hydroxyl groups is 1. The maximum Gasteiger partial charge on any atom is 0.261 e. The van der Waals surface area contributed by atoms with Gasteiger partial charge in [0.25, 0.3) is 5.91 Å². The summed E-state index contributed by atoms with van der Waals surface area (Å²) in [6.45, 7) is 2.99. The van der Waals surface area contributed by atoms with Crippen LogP contribution in [0.15, 0.2) is 59.2 Å². The normalized spacial score (nSPS) is 15.4. The highest BCUT2D eigenvalue weighted by Gasteiger charge is 2.22. The Kier molecular flexibility index (Phi) is 7.23. The minimum absolute atomic E-state index is 0.199. The van der Waals surface area contributed by atoms with Gasteiger partial charge in [0.15, 0.2) is 0 Å². The number of aliphatic hydroxyl groups excluding tert-OH is 1. The summed E-state index contributed by atoms with van der Waals surface area (Å²) in [7, 11) is 1.60. The molecular weight excluding hydrogens is 409 g/mol. The number of amides is 1. The van der Waals surface area contributed by atoms with Crippen LogP contribution in [0.5, 0.6) is 0 Å². The SMILES string of the molecule is CC(=Nc1ccc(F)cc1)C(=CN)C(=O)N(C)c1ccc(N2CCC(O)CC2)c(C#N)c1. The Morgan fingerprint density at radius 1 is 1.28 bits per heavy atom.